The van der Waals surface area contributed by atoms with E-state index in [0.29, 0.717) is 29.4 Å². The van der Waals surface area contributed by atoms with Crippen molar-refractivity contribution >= 4 is 11.6 Å². The molecule has 1 aliphatic rings. The van der Waals surface area contributed by atoms with Gasteiger partial charge in [-0.1, -0.05) is 29.8 Å². The standard InChI is InChI=1S/C22H27ClO7/c1-3-29-15-6-4-12(5-7-15)8-13-9-14(10-16(28-2)18(13)23)22-21(27)20(26)19(25)17(11-24)30-22/h4-7,9-10,17,19-22,24-27H,3,8,11H2,1-2H3/t17?,19-,20+,21-,22+/m1/s1. The molecule has 1 unspecified atom stereocenters. The molecule has 0 radical (unpaired) electrons. The van der Waals surface area contributed by atoms with Gasteiger partial charge in [0.15, 0.2) is 0 Å². The minimum absolute atomic E-state index is 0.395. The average molecular weight is 439 g/mol. The highest BCUT2D eigenvalue weighted by molar-refractivity contribution is 6.32. The van der Waals surface area contributed by atoms with Gasteiger partial charge in [0.05, 0.1) is 25.3 Å². The molecule has 0 amide bonds. The van der Waals surface area contributed by atoms with Crippen molar-refractivity contribution in [3.8, 4) is 11.5 Å². The van der Waals surface area contributed by atoms with E-state index in [1.807, 2.05) is 31.2 Å². The summed E-state index contributed by atoms with van der Waals surface area (Å²) in [6.45, 7) is 2.01. The summed E-state index contributed by atoms with van der Waals surface area (Å²) in [4.78, 5) is 0. The van der Waals surface area contributed by atoms with Crippen molar-refractivity contribution < 1.29 is 34.6 Å². The zero-order valence-electron chi connectivity index (χ0n) is 16.9. The van der Waals surface area contributed by atoms with Gasteiger partial charge in [0.25, 0.3) is 0 Å². The van der Waals surface area contributed by atoms with Crippen LogP contribution in [-0.4, -0.2) is 65.2 Å². The molecule has 5 atom stereocenters. The molecule has 2 aromatic carbocycles. The lowest BCUT2D eigenvalue weighted by Gasteiger charge is -2.40. The van der Waals surface area contributed by atoms with Crippen LogP contribution in [0.3, 0.4) is 0 Å². The second-order valence-electron chi connectivity index (χ2n) is 7.20. The van der Waals surface area contributed by atoms with Crippen LogP contribution in [0.15, 0.2) is 36.4 Å². The van der Waals surface area contributed by atoms with Crippen LogP contribution in [0.4, 0.5) is 0 Å². The third-order valence-corrected chi connectivity index (χ3v) is 5.64. The Morgan fingerprint density at radius 1 is 1.03 bits per heavy atom. The minimum Gasteiger partial charge on any atom is -0.495 e. The Hall–Kier alpha value is -1.87. The summed E-state index contributed by atoms with van der Waals surface area (Å²) in [6.07, 6.45) is -5.73. The van der Waals surface area contributed by atoms with Gasteiger partial charge in [0, 0.05) is 0 Å². The fraction of sp³-hybridized carbons (Fsp3) is 0.455. The Balaban J connectivity index is 1.93. The van der Waals surface area contributed by atoms with Crippen molar-refractivity contribution in [1.82, 2.24) is 0 Å². The normalized spacial score (nSPS) is 26.4. The summed E-state index contributed by atoms with van der Waals surface area (Å²) >= 11 is 6.51. The smallest absolute Gasteiger partial charge is 0.138 e. The van der Waals surface area contributed by atoms with Gasteiger partial charge < -0.3 is 34.6 Å². The van der Waals surface area contributed by atoms with Gasteiger partial charge in [-0.3, -0.25) is 0 Å². The van der Waals surface area contributed by atoms with Crippen molar-refractivity contribution in [2.75, 3.05) is 20.3 Å². The molecule has 30 heavy (non-hydrogen) atoms. The van der Waals surface area contributed by atoms with Crippen LogP contribution in [0.25, 0.3) is 0 Å². The Labute approximate surface area is 180 Å². The fourth-order valence-electron chi connectivity index (χ4n) is 3.59. The van der Waals surface area contributed by atoms with Crippen LogP contribution in [0.1, 0.15) is 29.7 Å². The number of ether oxygens (including phenoxy) is 3. The van der Waals surface area contributed by atoms with Gasteiger partial charge in [-0.05, 0) is 48.2 Å². The highest BCUT2D eigenvalue weighted by atomic mass is 35.5. The Morgan fingerprint density at radius 2 is 1.73 bits per heavy atom. The topological polar surface area (TPSA) is 109 Å². The zero-order valence-corrected chi connectivity index (χ0v) is 17.6. The third kappa shape index (κ3) is 4.72. The first-order valence-electron chi connectivity index (χ1n) is 9.78. The number of aliphatic hydroxyl groups excluding tert-OH is 4. The van der Waals surface area contributed by atoms with E-state index in [1.165, 1.54) is 7.11 Å². The van der Waals surface area contributed by atoms with Gasteiger partial charge in [-0.25, -0.2) is 0 Å². The Kier molecular flexibility index (Phi) is 7.57. The van der Waals surface area contributed by atoms with Crippen molar-refractivity contribution in [2.45, 2.75) is 43.9 Å². The SMILES string of the molecule is CCOc1ccc(Cc2cc([C@@H]3OC(CO)[C@@H](O)[C@H](O)[C@H]3O)cc(OC)c2Cl)cc1. The van der Waals surface area contributed by atoms with Gasteiger partial charge in [0.2, 0.25) is 0 Å². The maximum Gasteiger partial charge on any atom is 0.138 e. The number of hydrogen-bond donors (Lipinski definition) is 4. The summed E-state index contributed by atoms with van der Waals surface area (Å²) in [6, 6.07) is 11.0. The predicted molar refractivity (Wildman–Crippen MR) is 111 cm³/mol. The van der Waals surface area contributed by atoms with Gasteiger partial charge >= 0.3 is 0 Å². The lowest BCUT2D eigenvalue weighted by Crippen LogP contribution is -2.55. The van der Waals surface area contributed by atoms with Crippen molar-refractivity contribution in [1.29, 1.82) is 0 Å². The molecule has 1 saturated heterocycles. The van der Waals surface area contributed by atoms with E-state index in [1.54, 1.807) is 12.1 Å². The molecule has 3 rings (SSSR count). The summed E-state index contributed by atoms with van der Waals surface area (Å²) in [5.74, 6) is 1.17. The Bertz CT molecular complexity index is 840. The molecule has 0 saturated carbocycles. The highest BCUT2D eigenvalue weighted by Gasteiger charge is 2.44. The van der Waals surface area contributed by atoms with Gasteiger partial charge in [-0.15, -0.1) is 0 Å². The van der Waals surface area contributed by atoms with Crippen LogP contribution in [-0.2, 0) is 11.2 Å². The molecule has 1 fully saturated rings. The van der Waals surface area contributed by atoms with E-state index >= 15 is 0 Å². The summed E-state index contributed by atoms with van der Waals surface area (Å²) < 4.78 is 16.5. The molecule has 1 aliphatic heterocycles. The largest absolute Gasteiger partial charge is 0.495 e. The number of rotatable bonds is 7. The number of aliphatic hydroxyl groups is 4. The van der Waals surface area contributed by atoms with Crippen molar-refractivity contribution in [3.63, 3.8) is 0 Å². The van der Waals surface area contributed by atoms with Crippen molar-refractivity contribution in [3.05, 3.63) is 58.1 Å². The van der Waals surface area contributed by atoms with Crippen LogP contribution < -0.4 is 9.47 Å². The van der Waals surface area contributed by atoms with Crippen molar-refractivity contribution in [2.24, 2.45) is 0 Å². The molecule has 164 valence electrons. The van der Waals surface area contributed by atoms with E-state index in [4.69, 9.17) is 25.8 Å². The Morgan fingerprint density at radius 3 is 2.33 bits per heavy atom. The van der Waals surface area contributed by atoms with E-state index in [2.05, 4.69) is 0 Å². The first-order valence-corrected chi connectivity index (χ1v) is 10.2. The van der Waals surface area contributed by atoms with E-state index < -0.39 is 37.1 Å². The number of halogens is 1. The predicted octanol–water partition coefficient (Wildman–Crippen LogP) is 1.85. The molecule has 7 nitrogen and oxygen atoms in total. The molecule has 0 aliphatic carbocycles. The van der Waals surface area contributed by atoms with Crippen LogP contribution >= 0.6 is 11.6 Å². The molecular weight excluding hydrogens is 412 g/mol. The molecule has 4 N–H and O–H groups in total. The number of methoxy groups -OCH3 is 1. The molecule has 2 aromatic rings. The number of benzene rings is 2. The molecular formula is C22H27ClO7. The van der Waals surface area contributed by atoms with E-state index in [9.17, 15) is 20.4 Å². The highest BCUT2D eigenvalue weighted by Crippen LogP contribution is 2.38. The quantitative estimate of drug-likeness (QED) is 0.522. The van der Waals surface area contributed by atoms with E-state index in [0.717, 1.165) is 16.9 Å². The number of hydrogen-bond acceptors (Lipinski definition) is 7. The summed E-state index contributed by atoms with van der Waals surface area (Å²) in [7, 11) is 1.49. The summed E-state index contributed by atoms with van der Waals surface area (Å²) in [5, 5.41) is 40.5. The van der Waals surface area contributed by atoms with Crippen LogP contribution in [0.2, 0.25) is 5.02 Å². The van der Waals surface area contributed by atoms with Crippen LogP contribution in [0, 0.1) is 0 Å². The molecule has 0 bridgehead atoms. The molecule has 0 aromatic heterocycles. The fourth-order valence-corrected chi connectivity index (χ4v) is 3.84. The lowest BCUT2D eigenvalue weighted by molar-refractivity contribution is -0.231. The lowest BCUT2D eigenvalue weighted by atomic mass is 9.90. The first-order chi connectivity index (χ1) is 14.4. The molecule has 1 heterocycles. The second-order valence-corrected chi connectivity index (χ2v) is 7.58. The first kappa shape index (κ1) is 22.8. The average Bonchev–Trinajstić information content (AvgIpc) is 2.75. The monoisotopic (exact) mass is 438 g/mol. The van der Waals surface area contributed by atoms with Gasteiger partial charge in [-0.2, -0.15) is 0 Å². The van der Waals surface area contributed by atoms with Crippen LogP contribution in [0.5, 0.6) is 11.5 Å². The second kappa shape index (κ2) is 9.96. The van der Waals surface area contributed by atoms with E-state index in [-0.39, 0.29) is 0 Å². The maximum absolute atomic E-state index is 10.5. The molecule has 0 spiro atoms. The van der Waals surface area contributed by atoms with Gasteiger partial charge in [0.1, 0.15) is 42.0 Å². The minimum atomic E-state index is -1.46. The molecule has 8 heteroatoms. The third-order valence-electron chi connectivity index (χ3n) is 5.21. The summed E-state index contributed by atoms with van der Waals surface area (Å²) in [5.41, 5.74) is 2.26. The maximum atomic E-state index is 10.5. The zero-order chi connectivity index (χ0) is 21.8.